The molecule has 0 aliphatic carbocycles. The number of carbonyl (C=O) groups excluding carboxylic acids is 2. The number of halogens is 2. The van der Waals surface area contributed by atoms with Gasteiger partial charge in [0, 0.05) is 75.2 Å². The molecule has 3 aromatic rings. The number of hydrogen-bond donors (Lipinski definition) is 1. The van der Waals surface area contributed by atoms with E-state index in [9.17, 15) is 13.2 Å². The minimum Gasteiger partial charge on any atom is -0.497 e. The molecule has 0 radical (unpaired) electrons. The normalized spacial score (nSPS) is 21.6. The summed E-state index contributed by atoms with van der Waals surface area (Å²) in [5.41, 5.74) is -3.28. The number of benzene rings is 2. The Morgan fingerprint density at radius 2 is 1.66 bits per heavy atom. The predicted octanol–water partition coefficient (Wildman–Crippen LogP) is 2.95. The molecule has 0 unspecified atom stereocenters. The lowest BCUT2D eigenvalue weighted by atomic mass is 9.84. The fourth-order valence-corrected chi connectivity index (χ4v) is 9.33. The highest BCUT2D eigenvalue weighted by Gasteiger charge is 2.60. The standard InChI is InChI=1S/C36H42F2N6O8S/c1-4-52-33-26(6-5-11-39-33)36(40-35(46)43-21-24(22-43)41-12-9-23(10-13-41)42-14-16-51-17-15-42)27-19-28(37)29(38)20-30(27)44(34(36)45)53(47,48)32-8-7-25(49-2)18-31(32)50-3/h5-8,11,18-20,23-24H,4,9-10,12-17,21-22H2,1-3H3,(H,40,46)/t36-/m1/s1. The van der Waals surface area contributed by atoms with E-state index in [1.165, 1.54) is 55.6 Å². The maximum Gasteiger partial charge on any atom is 0.318 e. The van der Waals surface area contributed by atoms with Crippen LogP contribution in [-0.4, -0.2) is 125 Å². The molecule has 14 nitrogen and oxygen atoms in total. The van der Waals surface area contributed by atoms with Crippen molar-refractivity contribution in [1.82, 2.24) is 25.0 Å². The summed E-state index contributed by atoms with van der Waals surface area (Å²) < 4.78 is 81.6. The number of urea groups is 1. The van der Waals surface area contributed by atoms with E-state index in [4.69, 9.17) is 18.9 Å². The Balaban J connectivity index is 1.23. The van der Waals surface area contributed by atoms with E-state index < -0.39 is 49.7 Å². The number of rotatable bonds is 10. The first-order chi connectivity index (χ1) is 25.5. The van der Waals surface area contributed by atoms with Crippen LogP contribution in [0.5, 0.6) is 17.4 Å². The van der Waals surface area contributed by atoms with Crippen LogP contribution >= 0.6 is 0 Å². The van der Waals surface area contributed by atoms with Gasteiger partial charge < -0.3 is 29.2 Å². The van der Waals surface area contributed by atoms with Crippen molar-refractivity contribution in [3.05, 3.63) is 71.4 Å². The summed E-state index contributed by atoms with van der Waals surface area (Å²) in [6.07, 6.45) is 3.40. The molecule has 53 heavy (non-hydrogen) atoms. The van der Waals surface area contributed by atoms with E-state index in [2.05, 4.69) is 20.1 Å². The van der Waals surface area contributed by atoms with E-state index >= 15 is 13.6 Å². The fourth-order valence-electron chi connectivity index (χ4n) is 7.73. The number of nitrogens with one attached hydrogen (secondary N) is 1. The third kappa shape index (κ3) is 6.42. The second-order valence-corrected chi connectivity index (χ2v) is 15.1. The van der Waals surface area contributed by atoms with Gasteiger partial charge in [0.1, 0.15) is 16.4 Å². The summed E-state index contributed by atoms with van der Waals surface area (Å²) >= 11 is 0. The summed E-state index contributed by atoms with van der Waals surface area (Å²) in [4.78, 5) is 39.4. The molecule has 3 fully saturated rings. The number of amides is 3. The number of likely N-dealkylation sites (tertiary alicyclic amines) is 2. The number of morpholine rings is 1. The summed E-state index contributed by atoms with van der Waals surface area (Å²) in [7, 11) is -2.29. The van der Waals surface area contributed by atoms with Crippen LogP contribution in [0, 0.1) is 11.6 Å². The van der Waals surface area contributed by atoms with Gasteiger partial charge in [0.2, 0.25) is 5.88 Å². The van der Waals surface area contributed by atoms with E-state index in [0.29, 0.717) is 29.5 Å². The number of hydrogen-bond acceptors (Lipinski definition) is 11. The largest absolute Gasteiger partial charge is 0.497 e. The van der Waals surface area contributed by atoms with Gasteiger partial charge in [-0.2, -0.15) is 4.31 Å². The summed E-state index contributed by atoms with van der Waals surface area (Å²) in [5, 5.41) is 2.77. The Hall–Kier alpha value is -4.58. The Bertz CT molecular complexity index is 1990. The maximum absolute atomic E-state index is 15.3. The number of carbonyl (C=O) groups is 2. The molecule has 284 valence electrons. The van der Waals surface area contributed by atoms with E-state index in [1.54, 1.807) is 6.92 Å². The number of ether oxygens (including phenoxy) is 4. The van der Waals surface area contributed by atoms with Gasteiger partial charge in [0.25, 0.3) is 15.9 Å². The molecule has 17 heteroatoms. The summed E-state index contributed by atoms with van der Waals surface area (Å²) in [6.45, 7) is 7.55. The molecule has 0 bridgehead atoms. The topological polar surface area (TPSA) is 143 Å². The number of pyridine rings is 1. The zero-order valence-electron chi connectivity index (χ0n) is 29.7. The van der Waals surface area contributed by atoms with Gasteiger partial charge in [-0.05, 0) is 50.1 Å². The van der Waals surface area contributed by atoms with Crippen molar-refractivity contribution < 1.29 is 45.7 Å². The van der Waals surface area contributed by atoms with Crippen molar-refractivity contribution in [1.29, 1.82) is 0 Å². The highest BCUT2D eigenvalue weighted by atomic mass is 32.2. The second-order valence-electron chi connectivity index (χ2n) is 13.3. The molecule has 2 aromatic carbocycles. The number of sulfonamides is 1. The van der Waals surface area contributed by atoms with Gasteiger partial charge in [0.05, 0.1) is 45.3 Å². The average Bonchev–Trinajstić information content (AvgIpc) is 3.38. The third-order valence-corrected chi connectivity index (χ3v) is 12.3. The molecule has 7 rings (SSSR count). The molecular weight excluding hydrogens is 714 g/mol. The van der Waals surface area contributed by atoms with Crippen molar-refractivity contribution >= 4 is 27.6 Å². The molecule has 3 amide bonds. The molecule has 3 saturated heterocycles. The van der Waals surface area contributed by atoms with Gasteiger partial charge >= 0.3 is 6.03 Å². The number of aromatic nitrogens is 1. The first-order valence-corrected chi connectivity index (χ1v) is 19.0. The molecule has 0 saturated carbocycles. The molecule has 1 atom stereocenters. The Kier molecular flexibility index (Phi) is 10.2. The van der Waals surface area contributed by atoms with Gasteiger partial charge in [-0.25, -0.2) is 27.0 Å². The summed E-state index contributed by atoms with van der Waals surface area (Å²) in [6, 6.07) is 7.97. The minimum atomic E-state index is -4.92. The van der Waals surface area contributed by atoms with Gasteiger partial charge in [0.15, 0.2) is 17.2 Å². The van der Waals surface area contributed by atoms with Crippen molar-refractivity contribution in [3.63, 3.8) is 0 Å². The average molecular weight is 757 g/mol. The predicted molar refractivity (Wildman–Crippen MR) is 188 cm³/mol. The minimum absolute atomic E-state index is 0.0610. The highest BCUT2D eigenvalue weighted by molar-refractivity contribution is 7.93. The smallest absolute Gasteiger partial charge is 0.318 e. The number of nitrogens with zero attached hydrogens (tertiary/aromatic N) is 5. The van der Waals surface area contributed by atoms with Crippen LogP contribution < -0.4 is 23.8 Å². The molecule has 0 spiro atoms. The van der Waals surface area contributed by atoms with Gasteiger partial charge in [-0.1, -0.05) is 0 Å². The monoisotopic (exact) mass is 756 g/mol. The lowest BCUT2D eigenvalue weighted by Gasteiger charge is -2.49. The molecule has 1 N–H and O–H groups in total. The van der Waals surface area contributed by atoms with Crippen LogP contribution in [0.1, 0.15) is 30.9 Å². The zero-order chi connectivity index (χ0) is 37.5. The molecule has 5 heterocycles. The Morgan fingerprint density at radius 1 is 0.962 bits per heavy atom. The van der Waals surface area contributed by atoms with E-state index in [1.807, 2.05) is 0 Å². The number of fused-ring (bicyclic) bond motifs is 1. The maximum atomic E-state index is 15.3. The quantitative estimate of drug-likeness (QED) is 0.327. The van der Waals surface area contributed by atoms with Crippen molar-refractivity contribution in [2.24, 2.45) is 0 Å². The first kappa shape index (κ1) is 36.8. The third-order valence-electron chi connectivity index (χ3n) is 10.5. The molecule has 1 aromatic heterocycles. The van der Waals surface area contributed by atoms with E-state index in [0.717, 1.165) is 58.3 Å². The summed E-state index contributed by atoms with van der Waals surface area (Å²) in [5.74, 6) is -3.98. The van der Waals surface area contributed by atoms with Gasteiger partial charge in [-0.15, -0.1) is 0 Å². The SMILES string of the molecule is CCOc1ncccc1[C@]1(NC(=O)N2CC(N3CCC(N4CCOCC4)CC3)C2)C(=O)N(S(=O)(=O)c2ccc(OC)cc2OC)c2cc(F)c(F)cc21. The first-order valence-electron chi connectivity index (χ1n) is 17.6. The van der Waals surface area contributed by atoms with Crippen molar-refractivity contribution in [3.8, 4) is 17.4 Å². The van der Waals surface area contributed by atoms with Crippen LogP contribution in [0.15, 0.2) is 53.6 Å². The Morgan fingerprint density at radius 3 is 2.34 bits per heavy atom. The molecule has 4 aliphatic heterocycles. The molecular formula is C36H42F2N6O8S. The number of piperidine rings is 1. The lowest BCUT2D eigenvalue weighted by molar-refractivity contribution is -0.121. The van der Waals surface area contributed by atoms with Crippen molar-refractivity contribution in [2.75, 3.05) is 77.6 Å². The van der Waals surface area contributed by atoms with Crippen molar-refractivity contribution in [2.45, 2.75) is 42.3 Å². The van der Waals surface area contributed by atoms with Crippen LogP contribution in [0.25, 0.3) is 0 Å². The second kappa shape index (κ2) is 14.7. The lowest BCUT2D eigenvalue weighted by Crippen LogP contribution is -2.67. The number of anilines is 1. The van der Waals surface area contributed by atoms with Crippen LogP contribution in [0.4, 0.5) is 19.3 Å². The van der Waals surface area contributed by atoms with E-state index in [-0.39, 0.29) is 41.2 Å². The zero-order valence-corrected chi connectivity index (χ0v) is 30.5. The number of methoxy groups -OCH3 is 2. The van der Waals surface area contributed by atoms with Crippen LogP contribution in [0.3, 0.4) is 0 Å². The fraction of sp³-hybridized carbons (Fsp3) is 0.472. The highest BCUT2D eigenvalue weighted by Crippen LogP contribution is 2.50. The Labute approximate surface area is 306 Å². The van der Waals surface area contributed by atoms with Crippen LogP contribution in [-0.2, 0) is 25.1 Å². The molecule has 4 aliphatic rings. The van der Waals surface area contributed by atoms with Crippen LogP contribution in [0.2, 0.25) is 0 Å². The van der Waals surface area contributed by atoms with Gasteiger partial charge in [-0.3, -0.25) is 14.6 Å².